The van der Waals surface area contributed by atoms with Crippen LogP contribution in [-0.4, -0.2) is 0 Å². The van der Waals surface area contributed by atoms with Crippen LogP contribution in [0, 0.1) is 48.8 Å². The summed E-state index contributed by atoms with van der Waals surface area (Å²) >= 11 is 0. The molecule has 0 aromatic heterocycles. The van der Waals surface area contributed by atoms with Gasteiger partial charge >= 0.3 is 0 Å². The van der Waals surface area contributed by atoms with Crippen LogP contribution in [-0.2, 0) is 0 Å². The van der Waals surface area contributed by atoms with Crippen molar-refractivity contribution in [1.82, 2.24) is 0 Å². The predicted molar refractivity (Wildman–Crippen MR) is 290 cm³/mol. The van der Waals surface area contributed by atoms with Crippen molar-refractivity contribution >= 4 is 66.4 Å². The van der Waals surface area contributed by atoms with Crippen LogP contribution in [0.25, 0.3) is 76.8 Å². The number of hydrogen-bond acceptors (Lipinski definition) is 2. The van der Waals surface area contributed by atoms with E-state index < -0.39 is 23.3 Å². The zero-order chi connectivity index (χ0) is 50.8. The Bertz CT molecular complexity index is 3830. The Labute approximate surface area is 423 Å². The summed E-state index contributed by atoms with van der Waals surface area (Å²) in [7, 11) is 0. The van der Waals surface area contributed by atoms with Crippen molar-refractivity contribution in [2.24, 2.45) is 0 Å². The van der Waals surface area contributed by atoms with Crippen molar-refractivity contribution in [2.75, 3.05) is 9.80 Å². The Morgan fingerprint density at radius 2 is 0.514 bits per heavy atom. The molecular formula is C66H42F6N2. The van der Waals surface area contributed by atoms with E-state index in [4.69, 9.17) is 0 Å². The summed E-state index contributed by atoms with van der Waals surface area (Å²) in [6.45, 7) is 3.71. The van der Waals surface area contributed by atoms with Crippen molar-refractivity contribution in [1.29, 1.82) is 0 Å². The third-order valence-electron chi connectivity index (χ3n) is 14.0. The minimum Gasteiger partial charge on any atom is -0.304 e. The lowest BCUT2D eigenvalue weighted by molar-refractivity contribution is 0.619. The molecule has 0 N–H and O–H groups in total. The highest BCUT2D eigenvalue weighted by Crippen LogP contribution is 2.50. The van der Waals surface area contributed by atoms with Gasteiger partial charge in [0.05, 0.1) is 34.1 Å². The van der Waals surface area contributed by atoms with Gasteiger partial charge in [0.1, 0.15) is 34.9 Å². The molecule has 12 aromatic carbocycles. The van der Waals surface area contributed by atoms with E-state index in [0.29, 0.717) is 33.3 Å². The lowest BCUT2D eigenvalue weighted by Gasteiger charge is -2.30. The molecule has 0 saturated heterocycles. The number of nitrogens with zero attached hydrogens (tertiary/aromatic N) is 2. The third-order valence-corrected chi connectivity index (χ3v) is 14.0. The van der Waals surface area contributed by atoms with Gasteiger partial charge in [-0.25, -0.2) is 26.3 Å². The summed E-state index contributed by atoms with van der Waals surface area (Å²) in [5, 5.41) is 4.68. The Balaban J connectivity index is 1.03. The van der Waals surface area contributed by atoms with E-state index in [-0.39, 0.29) is 34.4 Å². The molecule has 0 radical (unpaired) electrons. The van der Waals surface area contributed by atoms with E-state index in [0.717, 1.165) is 66.1 Å². The van der Waals surface area contributed by atoms with Crippen LogP contribution in [0.5, 0.6) is 0 Å². The molecule has 0 aliphatic rings. The van der Waals surface area contributed by atoms with Gasteiger partial charge in [-0.1, -0.05) is 133 Å². The van der Waals surface area contributed by atoms with Crippen molar-refractivity contribution in [2.45, 2.75) is 13.8 Å². The Hall–Kier alpha value is -9.14. The molecule has 0 amide bonds. The van der Waals surface area contributed by atoms with Crippen LogP contribution in [0.15, 0.2) is 218 Å². The van der Waals surface area contributed by atoms with Crippen LogP contribution in [0.1, 0.15) is 11.1 Å². The maximum atomic E-state index is 16.8. The molecule has 8 heteroatoms. The van der Waals surface area contributed by atoms with E-state index in [1.807, 2.05) is 111 Å². The molecule has 0 atom stereocenters. The van der Waals surface area contributed by atoms with Gasteiger partial charge in [-0.05, 0) is 176 Å². The lowest BCUT2D eigenvalue weighted by atomic mass is 9.91. The fraction of sp³-hybridized carbons (Fsp3) is 0.0303. The van der Waals surface area contributed by atoms with E-state index >= 15 is 17.6 Å². The van der Waals surface area contributed by atoms with E-state index in [1.165, 1.54) is 48.5 Å². The maximum Gasteiger partial charge on any atom is 0.147 e. The number of aryl methyl sites for hydroxylation is 2. The Morgan fingerprint density at radius 1 is 0.243 bits per heavy atom. The first-order valence-electron chi connectivity index (χ1n) is 24.1. The minimum atomic E-state index is -0.575. The topological polar surface area (TPSA) is 6.48 Å². The van der Waals surface area contributed by atoms with E-state index in [9.17, 15) is 8.78 Å². The summed E-state index contributed by atoms with van der Waals surface area (Å²) in [4.78, 5) is 3.25. The normalized spacial score (nSPS) is 11.5. The average Bonchev–Trinajstić information content (AvgIpc) is 3.43. The molecule has 0 aliphatic carbocycles. The van der Waals surface area contributed by atoms with Crippen molar-refractivity contribution in [3.05, 3.63) is 264 Å². The highest BCUT2D eigenvalue weighted by molar-refractivity contribution is 6.28. The second-order valence-corrected chi connectivity index (χ2v) is 18.7. The molecule has 0 unspecified atom stereocenters. The van der Waals surface area contributed by atoms with Crippen LogP contribution in [0.2, 0.25) is 0 Å². The molecule has 0 aliphatic heterocycles. The fourth-order valence-electron chi connectivity index (χ4n) is 10.2. The minimum absolute atomic E-state index is 0.117. The molecule has 0 bridgehead atoms. The number of benzene rings is 12. The smallest absolute Gasteiger partial charge is 0.147 e. The highest BCUT2D eigenvalue weighted by atomic mass is 19.1. The molecule has 0 heterocycles. The zero-order valence-electron chi connectivity index (χ0n) is 39.9. The monoisotopic (exact) mass is 976 g/mol. The molecule has 2 nitrogen and oxygen atoms in total. The number of hydrogen-bond donors (Lipinski definition) is 0. The molecule has 12 rings (SSSR count). The number of rotatable bonds is 10. The second-order valence-electron chi connectivity index (χ2n) is 18.7. The van der Waals surface area contributed by atoms with Gasteiger partial charge in [-0.2, -0.15) is 0 Å². The first-order chi connectivity index (χ1) is 35.9. The van der Waals surface area contributed by atoms with Crippen LogP contribution in [0.3, 0.4) is 0 Å². The van der Waals surface area contributed by atoms with Crippen LogP contribution < -0.4 is 9.80 Å². The standard InChI is InChI=1S/C66H42F6N2/c1-39-3-29-55(69)61(35-39)73(63-37-49(19-31-57(63)71)45-9-5-41(6-10-45)43-13-23-51(67)24-14-43)59-33-21-47-18-28-54-60(34-22-48-17-27-53(59)65(47)66(48)54)74(62-36-40(2)4-30-56(62)70)64-38-50(20-32-58(64)72)46-11-7-42(8-12-46)44-15-25-52(68)26-16-44/h3-38H,1-2H3. The molecule has 0 saturated carbocycles. The summed E-state index contributed by atoms with van der Waals surface area (Å²) in [5.74, 6) is -2.91. The molecule has 12 aromatic rings. The van der Waals surface area contributed by atoms with Gasteiger partial charge in [0.2, 0.25) is 0 Å². The lowest BCUT2D eigenvalue weighted by Crippen LogP contribution is -2.15. The maximum absolute atomic E-state index is 16.8. The summed E-state index contributed by atoms with van der Waals surface area (Å²) in [5.41, 5.74) is 9.50. The van der Waals surface area contributed by atoms with E-state index in [1.54, 1.807) is 82.6 Å². The highest BCUT2D eigenvalue weighted by Gasteiger charge is 2.27. The predicted octanol–water partition coefficient (Wildman–Crippen LogP) is 19.6. The fourth-order valence-corrected chi connectivity index (χ4v) is 10.2. The zero-order valence-corrected chi connectivity index (χ0v) is 39.9. The summed E-state index contributed by atoms with van der Waals surface area (Å²) in [6, 6.07) is 62.4. The van der Waals surface area contributed by atoms with Gasteiger partial charge in [0.15, 0.2) is 0 Å². The molecule has 0 fully saturated rings. The van der Waals surface area contributed by atoms with Gasteiger partial charge in [-0.15, -0.1) is 0 Å². The SMILES string of the molecule is Cc1ccc(F)c(N(c2cc(-c3ccc(-c4ccc(F)cc4)cc3)ccc2F)c2ccc3ccc4c(N(c5cc(C)ccc5F)c5cc(-c6ccc(-c7ccc(F)cc7)cc6)ccc5F)ccc5ccc2c3c54)c1. The molecular weight excluding hydrogens is 935 g/mol. The number of halogens is 6. The van der Waals surface area contributed by atoms with Crippen LogP contribution >= 0.6 is 0 Å². The molecule has 0 spiro atoms. The molecule has 358 valence electrons. The molecule has 74 heavy (non-hydrogen) atoms. The van der Waals surface area contributed by atoms with Gasteiger partial charge < -0.3 is 9.80 Å². The summed E-state index contributed by atoms with van der Waals surface area (Å²) < 4.78 is 94.0. The van der Waals surface area contributed by atoms with Gasteiger partial charge in [0, 0.05) is 10.8 Å². The number of anilines is 6. The summed E-state index contributed by atoms with van der Waals surface area (Å²) in [6.07, 6.45) is 0. The van der Waals surface area contributed by atoms with Gasteiger partial charge in [0.25, 0.3) is 0 Å². The quantitative estimate of drug-likeness (QED) is 0.0995. The third kappa shape index (κ3) is 8.24. The van der Waals surface area contributed by atoms with Crippen molar-refractivity contribution < 1.29 is 26.3 Å². The van der Waals surface area contributed by atoms with Crippen LogP contribution in [0.4, 0.5) is 60.5 Å². The Morgan fingerprint density at radius 3 is 0.865 bits per heavy atom. The van der Waals surface area contributed by atoms with Crippen molar-refractivity contribution in [3.63, 3.8) is 0 Å². The first-order valence-corrected chi connectivity index (χ1v) is 24.1. The first kappa shape index (κ1) is 46.0. The van der Waals surface area contributed by atoms with E-state index in [2.05, 4.69) is 0 Å². The van der Waals surface area contributed by atoms with Gasteiger partial charge in [-0.3, -0.25) is 0 Å². The van der Waals surface area contributed by atoms with Crippen molar-refractivity contribution in [3.8, 4) is 44.5 Å². The largest absolute Gasteiger partial charge is 0.304 e. The second kappa shape index (κ2) is 18.5. The average molecular weight is 977 g/mol. The Kier molecular flexibility index (Phi) is 11.5.